The highest BCUT2D eigenvalue weighted by Crippen LogP contribution is 2.21. The van der Waals surface area contributed by atoms with Crippen molar-refractivity contribution in [2.45, 2.75) is 26.0 Å². The monoisotopic (exact) mass is 302 g/mol. The molecule has 2 aromatic carbocycles. The zero-order valence-electron chi connectivity index (χ0n) is 12.9. The summed E-state index contributed by atoms with van der Waals surface area (Å²) < 4.78 is 13.2. The zero-order chi connectivity index (χ0) is 15.9. The maximum absolute atomic E-state index is 13.2. The molecule has 0 spiro atoms. The molecule has 0 radical (unpaired) electrons. The maximum Gasteiger partial charge on any atom is 0.146 e. The molecule has 1 atom stereocenters. The van der Waals surface area contributed by atoms with E-state index in [2.05, 4.69) is 24.0 Å². The summed E-state index contributed by atoms with van der Waals surface area (Å²) in [6, 6.07) is 14.6. The highest BCUT2D eigenvalue weighted by molar-refractivity contribution is 5.43. The minimum Gasteiger partial charge on any atom is -0.396 e. The lowest BCUT2D eigenvalue weighted by Gasteiger charge is -2.22. The third kappa shape index (κ3) is 4.55. The third-order valence-electron chi connectivity index (χ3n) is 3.82. The van der Waals surface area contributed by atoms with Gasteiger partial charge in [-0.15, -0.1) is 0 Å². The van der Waals surface area contributed by atoms with Crippen LogP contribution in [0.1, 0.15) is 30.6 Å². The highest BCUT2D eigenvalue weighted by Gasteiger charge is 2.12. The Labute approximate surface area is 131 Å². The molecule has 0 aromatic heterocycles. The van der Waals surface area contributed by atoms with Crippen LogP contribution in [0, 0.1) is 5.82 Å². The number of benzene rings is 2. The van der Waals surface area contributed by atoms with Crippen molar-refractivity contribution in [2.75, 3.05) is 18.8 Å². The van der Waals surface area contributed by atoms with E-state index < -0.39 is 11.9 Å². The number of aliphatic hydroxyl groups excluding tert-OH is 1. The second kappa shape index (κ2) is 7.92. The molecule has 0 amide bonds. The second-order valence-electron chi connectivity index (χ2n) is 5.44. The Morgan fingerprint density at radius 2 is 1.91 bits per heavy atom. The van der Waals surface area contributed by atoms with Crippen LogP contribution in [-0.4, -0.2) is 23.1 Å². The van der Waals surface area contributed by atoms with Crippen molar-refractivity contribution in [1.82, 2.24) is 4.90 Å². The molecule has 0 saturated carbocycles. The SMILES string of the molecule is CCN(CCC(O)c1ccc(F)c(N)c1)Cc1ccccc1. The van der Waals surface area contributed by atoms with Gasteiger partial charge in [-0.3, -0.25) is 4.90 Å². The van der Waals surface area contributed by atoms with Gasteiger partial charge in [0.15, 0.2) is 0 Å². The van der Waals surface area contributed by atoms with Crippen molar-refractivity contribution in [2.24, 2.45) is 0 Å². The first-order chi connectivity index (χ1) is 10.6. The van der Waals surface area contributed by atoms with Crippen LogP contribution >= 0.6 is 0 Å². The van der Waals surface area contributed by atoms with Gasteiger partial charge >= 0.3 is 0 Å². The molecular formula is C18H23FN2O. The molecule has 4 heteroatoms. The molecule has 1 unspecified atom stereocenters. The lowest BCUT2D eigenvalue weighted by atomic mass is 10.1. The van der Waals surface area contributed by atoms with Gasteiger partial charge < -0.3 is 10.8 Å². The topological polar surface area (TPSA) is 49.5 Å². The molecule has 0 bridgehead atoms. The van der Waals surface area contributed by atoms with Gasteiger partial charge in [-0.25, -0.2) is 4.39 Å². The first-order valence-electron chi connectivity index (χ1n) is 7.59. The smallest absolute Gasteiger partial charge is 0.146 e. The first kappa shape index (κ1) is 16.5. The Morgan fingerprint density at radius 1 is 1.18 bits per heavy atom. The number of rotatable bonds is 7. The van der Waals surface area contributed by atoms with E-state index >= 15 is 0 Å². The van der Waals surface area contributed by atoms with Gasteiger partial charge in [-0.1, -0.05) is 43.3 Å². The number of halogens is 1. The molecule has 0 fully saturated rings. The summed E-state index contributed by atoms with van der Waals surface area (Å²) in [6.45, 7) is 4.64. The largest absolute Gasteiger partial charge is 0.396 e. The van der Waals surface area contributed by atoms with Crippen LogP contribution in [0.4, 0.5) is 10.1 Å². The van der Waals surface area contributed by atoms with E-state index in [1.165, 1.54) is 17.7 Å². The summed E-state index contributed by atoms with van der Waals surface area (Å²) in [6.07, 6.45) is -0.0427. The standard InChI is InChI=1S/C18H23FN2O/c1-2-21(13-14-6-4-3-5-7-14)11-10-18(22)15-8-9-16(19)17(20)12-15/h3-9,12,18,22H,2,10-11,13,20H2,1H3. The molecule has 0 aliphatic rings. The fourth-order valence-electron chi connectivity index (χ4n) is 2.43. The van der Waals surface area contributed by atoms with Crippen molar-refractivity contribution >= 4 is 5.69 Å². The van der Waals surface area contributed by atoms with Crippen LogP contribution in [0.3, 0.4) is 0 Å². The van der Waals surface area contributed by atoms with Gasteiger partial charge in [-0.05, 0) is 36.2 Å². The number of hydrogen-bond donors (Lipinski definition) is 2. The fourth-order valence-corrected chi connectivity index (χ4v) is 2.43. The quantitative estimate of drug-likeness (QED) is 0.771. The van der Waals surface area contributed by atoms with Crippen LogP contribution in [0.2, 0.25) is 0 Å². The average Bonchev–Trinajstić information content (AvgIpc) is 2.54. The van der Waals surface area contributed by atoms with Gasteiger partial charge in [0, 0.05) is 13.1 Å². The lowest BCUT2D eigenvalue weighted by molar-refractivity contribution is 0.141. The third-order valence-corrected chi connectivity index (χ3v) is 3.82. The van der Waals surface area contributed by atoms with Crippen molar-refractivity contribution in [3.63, 3.8) is 0 Å². The Balaban J connectivity index is 1.90. The van der Waals surface area contributed by atoms with E-state index in [4.69, 9.17) is 5.73 Å². The van der Waals surface area contributed by atoms with Crippen LogP contribution in [-0.2, 0) is 6.54 Å². The highest BCUT2D eigenvalue weighted by atomic mass is 19.1. The molecular weight excluding hydrogens is 279 g/mol. The summed E-state index contributed by atoms with van der Waals surface area (Å²) in [5, 5.41) is 10.2. The van der Waals surface area contributed by atoms with Crippen molar-refractivity contribution in [1.29, 1.82) is 0 Å². The first-order valence-corrected chi connectivity index (χ1v) is 7.59. The molecule has 3 nitrogen and oxygen atoms in total. The van der Waals surface area contributed by atoms with E-state index in [0.29, 0.717) is 12.0 Å². The summed E-state index contributed by atoms with van der Waals surface area (Å²) in [5.41, 5.74) is 7.54. The lowest BCUT2D eigenvalue weighted by Crippen LogP contribution is -2.25. The van der Waals surface area contributed by atoms with Gasteiger partial charge in [0.25, 0.3) is 0 Å². The number of nitrogens with two attached hydrogens (primary N) is 1. The van der Waals surface area contributed by atoms with E-state index in [1.807, 2.05) is 18.2 Å². The number of hydrogen-bond acceptors (Lipinski definition) is 3. The van der Waals surface area contributed by atoms with E-state index in [1.54, 1.807) is 6.07 Å². The van der Waals surface area contributed by atoms with E-state index in [9.17, 15) is 9.50 Å². The molecule has 3 N–H and O–H groups in total. The van der Waals surface area contributed by atoms with E-state index in [0.717, 1.165) is 19.6 Å². The predicted molar refractivity (Wildman–Crippen MR) is 87.8 cm³/mol. The fraction of sp³-hybridized carbons (Fsp3) is 0.333. The van der Waals surface area contributed by atoms with Gasteiger partial charge in [0.2, 0.25) is 0 Å². The Bertz CT molecular complexity index is 589. The van der Waals surface area contributed by atoms with Crippen molar-refractivity contribution in [3.8, 4) is 0 Å². The van der Waals surface area contributed by atoms with Crippen LogP contribution in [0.15, 0.2) is 48.5 Å². The molecule has 118 valence electrons. The van der Waals surface area contributed by atoms with Crippen molar-refractivity contribution < 1.29 is 9.50 Å². The van der Waals surface area contributed by atoms with Crippen LogP contribution < -0.4 is 5.73 Å². The molecule has 0 aliphatic carbocycles. The zero-order valence-corrected chi connectivity index (χ0v) is 12.9. The van der Waals surface area contributed by atoms with Gasteiger partial charge in [0.05, 0.1) is 11.8 Å². The number of nitrogens with zero attached hydrogens (tertiary/aromatic N) is 1. The molecule has 0 heterocycles. The number of aliphatic hydroxyl groups is 1. The minimum absolute atomic E-state index is 0.0770. The van der Waals surface area contributed by atoms with E-state index in [-0.39, 0.29) is 5.69 Å². The molecule has 2 aromatic rings. The van der Waals surface area contributed by atoms with Gasteiger partial charge in [-0.2, -0.15) is 0 Å². The van der Waals surface area contributed by atoms with Crippen LogP contribution in [0.25, 0.3) is 0 Å². The Hall–Kier alpha value is -1.91. The summed E-state index contributed by atoms with van der Waals surface area (Å²) in [4.78, 5) is 2.27. The predicted octanol–water partition coefficient (Wildman–Crippen LogP) is 3.35. The number of anilines is 1. The minimum atomic E-state index is -0.632. The average molecular weight is 302 g/mol. The van der Waals surface area contributed by atoms with Crippen molar-refractivity contribution in [3.05, 3.63) is 65.5 Å². The maximum atomic E-state index is 13.2. The number of nitrogen functional groups attached to an aromatic ring is 1. The Morgan fingerprint density at radius 3 is 2.55 bits per heavy atom. The van der Waals surface area contributed by atoms with Gasteiger partial charge in [0.1, 0.15) is 5.82 Å². The molecule has 22 heavy (non-hydrogen) atoms. The Kier molecular flexibility index (Phi) is 5.92. The molecule has 0 saturated heterocycles. The summed E-state index contributed by atoms with van der Waals surface area (Å²) in [7, 11) is 0. The molecule has 2 rings (SSSR count). The molecule has 0 aliphatic heterocycles. The second-order valence-corrected chi connectivity index (χ2v) is 5.44. The van der Waals surface area contributed by atoms with Crippen LogP contribution in [0.5, 0.6) is 0 Å². The summed E-state index contributed by atoms with van der Waals surface area (Å²) >= 11 is 0. The normalized spacial score (nSPS) is 12.5. The summed E-state index contributed by atoms with van der Waals surface area (Å²) in [5.74, 6) is -0.449.